The van der Waals surface area contributed by atoms with Crippen LogP contribution in [0.25, 0.3) is 0 Å². The average Bonchev–Trinajstić information content (AvgIpc) is 2.83. The highest BCUT2D eigenvalue weighted by Gasteiger charge is 2.30. The smallest absolute Gasteiger partial charge is 0.462 e. The van der Waals surface area contributed by atoms with Crippen molar-refractivity contribution in [3.05, 3.63) is 0 Å². The molecule has 0 aromatic heterocycles. The number of hydrogen-bond donors (Lipinski definition) is 3. The highest BCUT2D eigenvalue weighted by molar-refractivity contribution is 7.47. The lowest BCUT2D eigenvalue weighted by atomic mass is 10.00. The van der Waals surface area contributed by atoms with Crippen LogP contribution in [0.1, 0.15) is 351 Å². The van der Waals surface area contributed by atoms with Crippen molar-refractivity contribution < 1.29 is 80.2 Å². The van der Waals surface area contributed by atoms with Crippen LogP contribution in [0.3, 0.4) is 0 Å². The van der Waals surface area contributed by atoms with Crippen molar-refractivity contribution in [3.8, 4) is 0 Å². The van der Waals surface area contributed by atoms with E-state index in [-0.39, 0.29) is 25.7 Å². The van der Waals surface area contributed by atoms with Crippen LogP contribution in [-0.4, -0.2) is 96.7 Å². The lowest BCUT2D eigenvalue weighted by molar-refractivity contribution is -0.161. The normalized spacial score (nSPS) is 14.6. The number of aliphatic hydroxyl groups is 1. The molecule has 534 valence electrons. The molecule has 0 aromatic carbocycles. The van der Waals surface area contributed by atoms with Gasteiger partial charge >= 0.3 is 39.5 Å². The summed E-state index contributed by atoms with van der Waals surface area (Å²) < 4.78 is 68.3. The van der Waals surface area contributed by atoms with Crippen LogP contribution >= 0.6 is 15.6 Å². The number of rotatable bonds is 68. The predicted octanol–water partition coefficient (Wildman–Crippen LogP) is 20.1. The molecule has 0 aliphatic heterocycles. The maximum absolute atomic E-state index is 13.0. The second-order valence-corrected chi connectivity index (χ2v) is 30.2. The molecule has 0 spiro atoms. The van der Waals surface area contributed by atoms with Crippen molar-refractivity contribution in [2.45, 2.75) is 369 Å². The van der Waals surface area contributed by atoms with Crippen LogP contribution < -0.4 is 0 Å². The Morgan fingerprint density at radius 1 is 0.311 bits per heavy atom. The van der Waals surface area contributed by atoms with E-state index in [9.17, 15) is 43.2 Å². The van der Waals surface area contributed by atoms with Crippen LogP contribution in [-0.2, 0) is 65.4 Å². The van der Waals surface area contributed by atoms with Crippen LogP contribution in [0.5, 0.6) is 0 Å². The average molecular weight is 1330 g/mol. The molecule has 0 aliphatic rings. The second-order valence-electron chi connectivity index (χ2n) is 27.3. The molecule has 0 heterocycles. The lowest BCUT2D eigenvalue weighted by Crippen LogP contribution is -2.30. The first kappa shape index (κ1) is 88.1. The lowest BCUT2D eigenvalue weighted by Gasteiger charge is -2.21. The molecule has 0 rings (SSSR count). The van der Waals surface area contributed by atoms with Crippen LogP contribution in [0.15, 0.2) is 0 Å². The molecule has 19 heteroatoms. The fourth-order valence-electron chi connectivity index (χ4n) is 10.6. The van der Waals surface area contributed by atoms with Crippen molar-refractivity contribution in [2.75, 3.05) is 39.6 Å². The Kier molecular flexibility index (Phi) is 59.4. The Hall–Kier alpha value is -1.94. The van der Waals surface area contributed by atoms with Crippen LogP contribution in [0.4, 0.5) is 0 Å². The van der Waals surface area contributed by atoms with Crippen molar-refractivity contribution in [3.63, 3.8) is 0 Å². The van der Waals surface area contributed by atoms with E-state index < -0.39 is 97.5 Å². The van der Waals surface area contributed by atoms with Gasteiger partial charge in [0.2, 0.25) is 0 Å². The second kappa shape index (κ2) is 60.7. The third kappa shape index (κ3) is 63.5. The summed E-state index contributed by atoms with van der Waals surface area (Å²) in [7, 11) is -9.90. The number of phosphoric ester groups is 2. The molecule has 0 aromatic rings. The Balaban J connectivity index is 5.25. The van der Waals surface area contributed by atoms with Crippen molar-refractivity contribution >= 4 is 39.5 Å². The summed E-state index contributed by atoms with van der Waals surface area (Å²) in [6, 6.07) is 0. The highest BCUT2D eigenvalue weighted by Crippen LogP contribution is 2.45. The monoisotopic (exact) mass is 1320 g/mol. The van der Waals surface area contributed by atoms with Crippen LogP contribution in [0, 0.1) is 23.7 Å². The van der Waals surface area contributed by atoms with Gasteiger partial charge in [-0.2, -0.15) is 0 Å². The molecule has 3 N–H and O–H groups in total. The summed E-state index contributed by atoms with van der Waals surface area (Å²) in [6.45, 7) is 14.1. The van der Waals surface area contributed by atoms with Gasteiger partial charge in [0.1, 0.15) is 19.3 Å². The SMILES string of the molecule is CCC(C)CCCCCCCCC(=O)OC[C@H](COP(=O)(O)OC[C@H](O)COP(=O)(O)OC[C@@H](COC(=O)CCCCCCCCCC(C)C)OC(=O)CCCCCCCCCCCCCCC(C)C)OC(=O)CCCCCCCCCCCCCCC(C)C. The summed E-state index contributed by atoms with van der Waals surface area (Å²) in [6.07, 6.45) is 43.1. The standard InChI is InChI=1S/C71H138O17P2/c1-9-64(8)50-42-34-29-30-36-44-52-69(74)82-58-67(88-71(76)54-46-38-27-21-17-13-11-15-19-24-32-40-48-62(4)5)60-86-90(79,80)84-56-65(72)55-83-89(77,78)85-59-66(57-81-68(73)51-43-35-28-22-25-33-41-49-63(6)7)87-70(75)53-45-37-26-20-16-12-10-14-18-23-31-39-47-61(2)3/h61-67,72H,9-60H2,1-8H3,(H,77,78)(H,79,80)/t64?,65-,66-,67-/m1/s1. The number of unbranched alkanes of at least 4 members (excludes halogenated alkanes) is 33. The molecule has 0 radical (unpaired) electrons. The Morgan fingerprint density at radius 3 is 0.789 bits per heavy atom. The molecule has 3 unspecified atom stereocenters. The first-order valence-corrected chi connectivity index (χ1v) is 39.7. The first-order valence-electron chi connectivity index (χ1n) is 36.7. The zero-order valence-corrected chi connectivity index (χ0v) is 60.6. The molecule has 90 heavy (non-hydrogen) atoms. The largest absolute Gasteiger partial charge is 0.472 e. The molecule has 0 amide bonds. The Bertz CT molecular complexity index is 1780. The Morgan fingerprint density at radius 2 is 0.533 bits per heavy atom. The van der Waals surface area contributed by atoms with E-state index >= 15 is 0 Å². The molecule has 0 saturated heterocycles. The fourth-order valence-corrected chi connectivity index (χ4v) is 12.2. The van der Waals surface area contributed by atoms with E-state index in [1.165, 1.54) is 141 Å². The van der Waals surface area contributed by atoms with Gasteiger partial charge in [-0.05, 0) is 49.4 Å². The van der Waals surface area contributed by atoms with E-state index in [1.807, 2.05) is 0 Å². The number of esters is 4. The van der Waals surface area contributed by atoms with Gasteiger partial charge in [-0.3, -0.25) is 37.3 Å². The predicted molar refractivity (Wildman–Crippen MR) is 363 cm³/mol. The van der Waals surface area contributed by atoms with Gasteiger partial charge in [0.25, 0.3) is 0 Å². The third-order valence-corrected chi connectivity index (χ3v) is 18.6. The van der Waals surface area contributed by atoms with Crippen molar-refractivity contribution in [1.82, 2.24) is 0 Å². The van der Waals surface area contributed by atoms with Crippen molar-refractivity contribution in [2.24, 2.45) is 23.7 Å². The quantitative estimate of drug-likeness (QED) is 0.0222. The van der Waals surface area contributed by atoms with E-state index in [1.54, 1.807) is 0 Å². The minimum absolute atomic E-state index is 0.105. The maximum Gasteiger partial charge on any atom is 0.472 e. The molecule has 0 bridgehead atoms. The molecule has 0 saturated carbocycles. The molecule has 6 atom stereocenters. The summed E-state index contributed by atoms with van der Waals surface area (Å²) in [5.74, 6) is 0.860. The molecule has 17 nitrogen and oxygen atoms in total. The molecule has 0 aliphatic carbocycles. The summed E-state index contributed by atoms with van der Waals surface area (Å²) in [5.41, 5.74) is 0. The topological polar surface area (TPSA) is 237 Å². The first-order chi connectivity index (χ1) is 43.1. The number of hydrogen-bond acceptors (Lipinski definition) is 15. The zero-order chi connectivity index (χ0) is 66.8. The minimum atomic E-state index is -4.95. The number of phosphoric acid groups is 2. The highest BCUT2D eigenvalue weighted by atomic mass is 31.2. The van der Waals surface area contributed by atoms with E-state index in [0.717, 1.165) is 120 Å². The summed E-state index contributed by atoms with van der Waals surface area (Å²) in [5, 5.41) is 10.6. The summed E-state index contributed by atoms with van der Waals surface area (Å²) in [4.78, 5) is 72.6. The molecule has 0 fully saturated rings. The van der Waals surface area contributed by atoms with E-state index in [0.29, 0.717) is 31.6 Å². The van der Waals surface area contributed by atoms with Gasteiger partial charge < -0.3 is 33.8 Å². The van der Waals surface area contributed by atoms with Gasteiger partial charge in [0.15, 0.2) is 12.2 Å². The van der Waals surface area contributed by atoms with Gasteiger partial charge in [0, 0.05) is 25.7 Å². The minimum Gasteiger partial charge on any atom is -0.462 e. The van der Waals surface area contributed by atoms with Crippen molar-refractivity contribution in [1.29, 1.82) is 0 Å². The van der Waals surface area contributed by atoms with Gasteiger partial charge in [-0.1, -0.05) is 299 Å². The summed E-state index contributed by atoms with van der Waals surface area (Å²) >= 11 is 0. The third-order valence-electron chi connectivity index (χ3n) is 16.7. The number of carbonyl (C=O) groups is 4. The van der Waals surface area contributed by atoms with Gasteiger partial charge in [-0.15, -0.1) is 0 Å². The van der Waals surface area contributed by atoms with E-state index in [4.69, 9.17) is 37.0 Å². The maximum atomic E-state index is 13.0. The zero-order valence-electron chi connectivity index (χ0n) is 58.8. The van der Waals surface area contributed by atoms with Crippen LogP contribution in [0.2, 0.25) is 0 Å². The van der Waals surface area contributed by atoms with Gasteiger partial charge in [0.05, 0.1) is 26.4 Å². The number of ether oxygens (including phenoxy) is 4. The number of carbonyl (C=O) groups excluding carboxylic acids is 4. The number of aliphatic hydroxyl groups excluding tert-OH is 1. The molecular weight excluding hydrogens is 1190 g/mol. The fraction of sp³-hybridized carbons (Fsp3) is 0.944. The Labute approximate surface area is 549 Å². The van der Waals surface area contributed by atoms with Gasteiger partial charge in [-0.25, -0.2) is 9.13 Å². The van der Waals surface area contributed by atoms with E-state index in [2.05, 4.69) is 55.4 Å². The molecular formula is C71H138O17P2.